The Morgan fingerprint density at radius 2 is 1.85 bits per heavy atom. The molecule has 2 amide bonds. The van der Waals surface area contributed by atoms with E-state index in [0.29, 0.717) is 19.4 Å². The van der Waals surface area contributed by atoms with Gasteiger partial charge in [-0.05, 0) is 43.9 Å². The summed E-state index contributed by atoms with van der Waals surface area (Å²) in [4.78, 5) is 27.5. The molecule has 1 heterocycles. The maximum atomic E-state index is 12.2. The fourth-order valence-corrected chi connectivity index (χ4v) is 2.61. The molecule has 1 unspecified atom stereocenters. The summed E-state index contributed by atoms with van der Waals surface area (Å²) in [6.45, 7) is 4.24. The lowest BCUT2D eigenvalue weighted by Gasteiger charge is -2.19. The van der Waals surface area contributed by atoms with Gasteiger partial charge in [0.05, 0.1) is 12.2 Å². The van der Waals surface area contributed by atoms with Crippen molar-refractivity contribution in [3.05, 3.63) is 65.0 Å². The summed E-state index contributed by atoms with van der Waals surface area (Å²) in [5.74, 6) is -0.871. The number of aryl methyl sites for hydroxylation is 2. The number of nitrogens with one attached hydrogen (secondary N) is 2. The number of aromatic nitrogens is 1. The van der Waals surface area contributed by atoms with Gasteiger partial charge in [-0.2, -0.15) is 0 Å². The molecule has 0 aliphatic carbocycles. The van der Waals surface area contributed by atoms with Gasteiger partial charge in [0, 0.05) is 18.2 Å². The summed E-state index contributed by atoms with van der Waals surface area (Å²) in [5, 5.41) is 14.6. The molecule has 2 rings (SSSR count). The van der Waals surface area contributed by atoms with E-state index >= 15 is 0 Å². The molecule has 0 saturated carbocycles. The number of aliphatic carboxylic acids is 1. The number of carbonyl (C=O) groups is 2. The quantitative estimate of drug-likeness (QED) is 0.679. The van der Waals surface area contributed by atoms with E-state index < -0.39 is 5.97 Å². The van der Waals surface area contributed by atoms with Crippen LogP contribution in [-0.2, 0) is 17.8 Å². The predicted molar refractivity (Wildman–Crippen MR) is 99.9 cm³/mol. The average molecular weight is 355 g/mol. The molecule has 0 bridgehead atoms. The smallest absolute Gasteiger partial charge is 0.315 e. The summed E-state index contributed by atoms with van der Waals surface area (Å²) in [7, 11) is 0. The molecule has 6 heteroatoms. The van der Waals surface area contributed by atoms with Crippen molar-refractivity contribution >= 4 is 12.0 Å². The number of hydrogen-bond donors (Lipinski definition) is 3. The number of carboxylic acid groups (broad SMARTS) is 1. The molecule has 0 fully saturated rings. The van der Waals surface area contributed by atoms with Gasteiger partial charge in [0.2, 0.25) is 0 Å². The van der Waals surface area contributed by atoms with Crippen molar-refractivity contribution in [1.82, 2.24) is 15.6 Å². The van der Waals surface area contributed by atoms with Crippen molar-refractivity contribution < 1.29 is 14.7 Å². The monoisotopic (exact) mass is 355 g/mol. The van der Waals surface area contributed by atoms with Gasteiger partial charge in [0.1, 0.15) is 0 Å². The molecule has 0 saturated heterocycles. The second kappa shape index (κ2) is 9.56. The number of nitrogens with zero attached hydrogens (tertiary/aromatic N) is 1. The van der Waals surface area contributed by atoms with Crippen molar-refractivity contribution in [2.75, 3.05) is 0 Å². The summed E-state index contributed by atoms with van der Waals surface area (Å²) in [6, 6.07) is 13.0. The number of rotatable bonds is 8. The fourth-order valence-electron chi connectivity index (χ4n) is 2.61. The molecule has 1 aromatic carbocycles. The lowest BCUT2D eigenvalue weighted by molar-refractivity contribution is -0.137. The van der Waals surface area contributed by atoms with Gasteiger partial charge in [0.25, 0.3) is 0 Å². The van der Waals surface area contributed by atoms with Crippen LogP contribution in [0.5, 0.6) is 0 Å². The largest absolute Gasteiger partial charge is 0.481 e. The number of urea groups is 1. The van der Waals surface area contributed by atoms with Crippen LogP contribution < -0.4 is 10.6 Å². The van der Waals surface area contributed by atoms with Crippen LogP contribution in [0, 0.1) is 13.8 Å². The molecule has 3 N–H and O–H groups in total. The zero-order valence-electron chi connectivity index (χ0n) is 15.2. The molecule has 0 aliphatic heterocycles. The SMILES string of the molecule is Cc1ccc(CNC(=O)NC(CCC(=O)O)Cc2ccccc2)nc1C. The van der Waals surface area contributed by atoms with Crippen molar-refractivity contribution in [3.8, 4) is 0 Å². The molecule has 0 radical (unpaired) electrons. The highest BCUT2D eigenvalue weighted by atomic mass is 16.4. The Hall–Kier alpha value is -2.89. The number of pyridine rings is 1. The third-order valence-corrected chi connectivity index (χ3v) is 4.20. The maximum Gasteiger partial charge on any atom is 0.315 e. The number of hydrogen-bond acceptors (Lipinski definition) is 3. The van der Waals surface area contributed by atoms with E-state index in [-0.39, 0.29) is 18.5 Å². The van der Waals surface area contributed by atoms with Gasteiger partial charge < -0.3 is 15.7 Å². The highest BCUT2D eigenvalue weighted by Crippen LogP contribution is 2.08. The van der Waals surface area contributed by atoms with Crippen LogP contribution in [0.15, 0.2) is 42.5 Å². The van der Waals surface area contributed by atoms with E-state index in [4.69, 9.17) is 5.11 Å². The van der Waals surface area contributed by atoms with Crippen LogP contribution in [0.25, 0.3) is 0 Å². The van der Waals surface area contributed by atoms with Crippen LogP contribution >= 0.6 is 0 Å². The van der Waals surface area contributed by atoms with Crippen LogP contribution in [0.3, 0.4) is 0 Å². The first kappa shape index (κ1) is 19.4. The molecule has 1 atom stereocenters. The van der Waals surface area contributed by atoms with E-state index in [1.165, 1.54) is 0 Å². The van der Waals surface area contributed by atoms with Gasteiger partial charge >= 0.3 is 12.0 Å². The number of benzene rings is 1. The Kier molecular flexibility index (Phi) is 7.14. The summed E-state index contributed by atoms with van der Waals surface area (Å²) < 4.78 is 0. The van der Waals surface area contributed by atoms with Crippen LogP contribution in [0.4, 0.5) is 4.79 Å². The standard InChI is InChI=1S/C20H25N3O3/c1-14-8-9-18(22-15(14)2)13-21-20(26)23-17(10-11-19(24)25)12-16-6-4-3-5-7-16/h3-9,17H,10-13H2,1-2H3,(H,24,25)(H2,21,23,26). The Labute approximate surface area is 153 Å². The van der Waals surface area contributed by atoms with Gasteiger partial charge in [-0.3, -0.25) is 9.78 Å². The van der Waals surface area contributed by atoms with Gasteiger partial charge in [-0.25, -0.2) is 4.79 Å². The van der Waals surface area contributed by atoms with E-state index in [1.807, 2.05) is 56.3 Å². The highest BCUT2D eigenvalue weighted by Gasteiger charge is 2.15. The second-order valence-electron chi connectivity index (χ2n) is 6.35. The first-order valence-corrected chi connectivity index (χ1v) is 8.67. The summed E-state index contributed by atoms with van der Waals surface area (Å²) in [6.07, 6.45) is 0.972. The maximum absolute atomic E-state index is 12.2. The molecule has 0 aliphatic rings. The topological polar surface area (TPSA) is 91.3 Å². The van der Waals surface area contributed by atoms with Crippen LogP contribution in [0.2, 0.25) is 0 Å². The lowest BCUT2D eigenvalue weighted by atomic mass is 10.0. The molecule has 6 nitrogen and oxygen atoms in total. The first-order valence-electron chi connectivity index (χ1n) is 8.67. The number of carbonyl (C=O) groups excluding carboxylic acids is 1. The molecular formula is C20H25N3O3. The number of amides is 2. The average Bonchev–Trinajstić information content (AvgIpc) is 2.61. The lowest BCUT2D eigenvalue weighted by Crippen LogP contribution is -2.43. The Balaban J connectivity index is 1.91. The second-order valence-corrected chi connectivity index (χ2v) is 6.35. The third-order valence-electron chi connectivity index (χ3n) is 4.20. The Bertz CT molecular complexity index is 747. The molecule has 26 heavy (non-hydrogen) atoms. The Morgan fingerprint density at radius 3 is 2.50 bits per heavy atom. The van der Waals surface area contributed by atoms with Crippen molar-refractivity contribution in [1.29, 1.82) is 0 Å². The van der Waals surface area contributed by atoms with Gasteiger partial charge in [0.15, 0.2) is 0 Å². The van der Waals surface area contributed by atoms with Crippen LogP contribution in [0.1, 0.15) is 35.4 Å². The third kappa shape index (κ3) is 6.55. The van der Waals surface area contributed by atoms with E-state index in [1.54, 1.807) is 0 Å². The number of carboxylic acids is 1. The molecule has 138 valence electrons. The van der Waals surface area contributed by atoms with Crippen molar-refractivity contribution in [2.24, 2.45) is 0 Å². The normalized spacial score (nSPS) is 11.6. The van der Waals surface area contributed by atoms with Gasteiger partial charge in [-0.15, -0.1) is 0 Å². The summed E-state index contributed by atoms with van der Waals surface area (Å²) >= 11 is 0. The zero-order chi connectivity index (χ0) is 18.9. The fraction of sp³-hybridized carbons (Fsp3) is 0.350. The van der Waals surface area contributed by atoms with Crippen molar-refractivity contribution in [2.45, 2.75) is 45.7 Å². The molecule has 0 spiro atoms. The van der Waals surface area contributed by atoms with E-state index in [0.717, 1.165) is 22.5 Å². The molecular weight excluding hydrogens is 330 g/mol. The van der Waals surface area contributed by atoms with Crippen LogP contribution in [-0.4, -0.2) is 28.1 Å². The highest BCUT2D eigenvalue weighted by molar-refractivity contribution is 5.74. The van der Waals surface area contributed by atoms with E-state index in [2.05, 4.69) is 15.6 Å². The summed E-state index contributed by atoms with van der Waals surface area (Å²) in [5.41, 5.74) is 3.88. The first-order chi connectivity index (χ1) is 12.4. The minimum absolute atomic E-state index is 0.0104. The van der Waals surface area contributed by atoms with Gasteiger partial charge in [-0.1, -0.05) is 36.4 Å². The minimum atomic E-state index is -0.871. The van der Waals surface area contributed by atoms with Crippen molar-refractivity contribution in [3.63, 3.8) is 0 Å². The predicted octanol–water partition coefficient (Wildman–Crippen LogP) is 2.97. The zero-order valence-corrected chi connectivity index (χ0v) is 15.2. The minimum Gasteiger partial charge on any atom is -0.481 e. The van der Waals surface area contributed by atoms with E-state index in [9.17, 15) is 9.59 Å². The Morgan fingerprint density at radius 1 is 1.12 bits per heavy atom. The molecule has 1 aromatic heterocycles. The molecule has 2 aromatic rings.